The second-order valence-electron chi connectivity index (χ2n) is 2.30. The van der Waals surface area contributed by atoms with E-state index in [2.05, 4.69) is 18.0 Å². The average Bonchev–Trinajstić information content (AvgIpc) is 2.09. The molecule has 0 fully saturated rings. The van der Waals surface area contributed by atoms with Gasteiger partial charge in [0.1, 0.15) is 0 Å². The van der Waals surface area contributed by atoms with Gasteiger partial charge in [0.2, 0.25) is 0 Å². The predicted octanol–water partition coefficient (Wildman–Crippen LogP) is 3.23. The summed E-state index contributed by atoms with van der Waals surface area (Å²) in [6.07, 6.45) is 3.71. The van der Waals surface area contributed by atoms with Gasteiger partial charge in [0.15, 0.2) is 0 Å². The van der Waals surface area contributed by atoms with Crippen molar-refractivity contribution in [1.29, 1.82) is 0 Å². The van der Waals surface area contributed by atoms with Gasteiger partial charge in [-0.2, -0.15) is 0 Å². The van der Waals surface area contributed by atoms with Gasteiger partial charge in [-0.05, 0) is 18.6 Å². The molecule has 1 heterocycles. The van der Waals surface area contributed by atoms with Crippen molar-refractivity contribution in [2.75, 3.05) is 5.75 Å². The van der Waals surface area contributed by atoms with Gasteiger partial charge in [0.25, 0.3) is 0 Å². The van der Waals surface area contributed by atoms with Crippen LogP contribution >= 0.6 is 23.4 Å². The molecule has 1 nitrogen and oxygen atoms in total. The van der Waals surface area contributed by atoms with E-state index in [9.17, 15) is 0 Å². The van der Waals surface area contributed by atoms with E-state index in [-0.39, 0.29) is 0 Å². The molecule has 0 radical (unpaired) electrons. The minimum absolute atomic E-state index is 0.876. The lowest BCUT2D eigenvalue weighted by Gasteiger charge is -1.99. The second kappa shape index (κ2) is 5.22. The number of hydrogen-bond donors (Lipinski definition) is 0. The number of rotatable bonds is 3. The zero-order valence-corrected chi connectivity index (χ0v) is 8.40. The summed E-state index contributed by atoms with van der Waals surface area (Å²) in [7, 11) is 0. The third kappa shape index (κ3) is 2.88. The summed E-state index contributed by atoms with van der Waals surface area (Å²) < 4.78 is 0. The molecule has 0 saturated carbocycles. The highest BCUT2D eigenvalue weighted by molar-refractivity contribution is 7.99. The first-order chi connectivity index (χ1) is 5.84. The molecular formula is C9H10ClNS. The molecule has 0 aliphatic carbocycles. The molecule has 0 aliphatic rings. The van der Waals surface area contributed by atoms with E-state index in [0.717, 1.165) is 10.8 Å². The Morgan fingerprint density at radius 3 is 3.17 bits per heavy atom. The van der Waals surface area contributed by atoms with Crippen LogP contribution in [0.2, 0.25) is 0 Å². The van der Waals surface area contributed by atoms with E-state index in [0.29, 0.717) is 0 Å². The van der Waals surface area contributed by atoms with Crippen molar-refractivity contribution in [3.05, 3.63) is 35.5 Å². The molecule has 1 aromatic rings. The van der Waals surface area contributed by atoms with Crippen molar-refractivity contribution < 1.29 is 0 Å². The van der Waals surface area contributed by atoms with Gasteiger partial charge in [0, 0.05) is 17.5 Å². The smallest absolute Gasteiger partial charge is 0.0992 e. The molecule has 0 atom stereocenters. The molecule has 0 aromatic carbocycles. The molecule has 12 heavy (non-hydrogen) atoms. The fraction of sp³-hybridized carbons (Fsp3) is 0.222. The summed E-state index contributed by atoms with van der Waals surface area (Å²) >= 11 is 7.08. The zero-order chi connectivity index (χ0) is 8.81. The Hall–Kier alpha value is -0.470. The maximum atomic E-state index is 5.39. The molecule has 0 N–H and O–H groups in total. The van der Waals surface area contributed by atoms with Gasteiger partial charge in [-0.15, -0.1) is 11.8 Å². The van der Waals surface area contributed by atoms with Crippen LogP contribution < -0.4 is 0 Å². The lowest BCUT2D eigenvalue weighted by molar-refractivity contribution is 1.08. The molecule has 0 amide bonds. The van der Waals surface area contributed by atoms with E-state index < -0.39 is 0 Å². The summed E-state index contributed by atoms with van der Waals surface area (Å²) in [5, 5.41) is 1.08. The van der Waals surface area contributed by atoms with E-state index in [1.54, 1.807) is 18.0 Å². The van der Waals surface area contributed by atoms with Crippen LogP contribution in [-0.4, -0.2) is 10.7 Å². The fourth-order valence-electron chi connectivity index (χ4n) is 0.786. The van der Waals surface area contributed by atoms with Gasteiger partial charge in [0.05, 0.1) is 5.03 Å². The number of aryl methyl sites for hydroxylation is 1. The number of halogens is 1. The molecule has 0 unspecified atom stereocenters. The average molecular weight is 200 g/mol. The van der Waals surface area contributed by atoms with Crippen LogP contribution in [0.3, 0.4) is 0 Å². The number of thioether (sulfide) groups is 1. The van der Waals surface area contributed by atoms with Gasteiger partial charge in [-0.25, -0.2) is 4.98 Å². The highest BCUT2D eigenvalue weighted by Crippen LogP contribution is 2.18. The maximum absolute atomic E-state index is 5.39. The first kappa shape index (κ1) is 9.62. The summed E-state index contributed by atoms with van der Waals surface area (Å²) in [5.74, 6) is 0.876. The minimum Gasteiger partial charge on any atom is -0.250 e. The van der Waals surface area contributed by atoms with Crippen LogP contribution in [-0.2, 0) is 0 Å². The van der Waals surface area contributed by atoms with Gasteiger partial charge < -0.3 is 0 Å². The molecule has 64 valence electrons. The number of aromatic nitrogens is 1. The third-order valence-electron chi connectivity index (χ3n) is 1.37. The monoisotopic (exact) mass is 199 g/mol. The van der Waals surface area contributed by atoms with Crippen molar-refractivity contribution >= 4 is 23.4 Å². The Morgan fingerprint density at radius 2 is 2.50 bits per heavy atom. The van der Waals surface area contributed by atoms with Crippen LogP contribution in [0.15, 0.2) is 35.0 Å². The number of nitrogens with zero attached hydrogens (tertiary/aromatic N) is 1. The molecule has 1 aromatic heterocycles. The van der Waals surface area contributed by atoms with Crippen LogP contribution in [0.4, 0.5) is 0 Å². The molecule has 0 spiro atoms. The quantitative estimate of drug-likeness (QED) is 0.694. The third-order valence-corrected chi connectivity index (χ3v) is 2.60. The van der Waals surface area contributed by atoms with E-state index in [1.807, 2.05) is 12.1 Å². The van der Waals surface area contributed by atoms with Crippen molar-refractivity contribution in [2.45, 2.75) is 11.9 Å². The SMILES string of the molecule is Cc1cccnc1SC/C=C/Cl. The molecule has 3 heteroatoms. The molecule has 0 saturated heterocycles. The van der Waals surface area contributed by atoms with E-state index in [1.165, 1.54) is 11.1 Å². The van der Waals surface area contributed by atoms with Crippen LogP contribution in [0.25, 0.3) is 0 Å². The van der Waals surface area contributed by atoms with Crippen LogP contribution in [0.5, 0.6) is 0 Å². The van der Waals surface area contributed by atoms with Crippen molar-refractivity contribution in [3.8, 4) is 0 Å². The van der Waals surface area contributed by atoms with Crippen molar-refractivity contribution in [2.24, 2.45) is 0 Å². The lowest BCUT2D eigenvalue weighted by atomic mass is 10.3. The Morgan fingerprint density at radius 1 is 1.67 bits per heavy atom. The standard InChI is InChI=1S/C9H10ClNS/c1-8-4-2-6-11-9(8)12-7-3-5-10/h2-6H,7H2,1H3/b5-3+. The second-order valence-corrected chi connectivity index (χ2v) is 3.56. The number of pyridine rings is 1. The predicted molar refractivity (Wildman–Crippen MR) is 54.7 cm³/mol. The van der Waals surface area contributed by atoms with E-state index in [4.69, 9.17) is 11.6 Å². The van der Waals surface area contributed by atoms with Crippen LogP contribution in [0, 0.1) is 6.92 Å². The Balaban J connectivity index is 2.57. The summed E-state index contributed by atoms with van der Waals surface area (Å²) in [5.41, 5.74) is 2.75. The fourth-order valence-corrected chi connectivity index (χ4v) is 1.76. The molecular weight excluding hydrogens is 190 g/mol. The summed E-state index contributed by atoms with van der Waals surface area (Å²) in [6, 6.07) is 4.00. The van der Waals surface area contributed by atoms with Gasteiger partial charge in [-0.1, -0.05) is 23.7 Å². The first-order valence-electron chi connectivity index (χ1n) is 3.64. The van der Waals surface area contributed by atoms with Crippen molar-refractivity contribution in [1.82, 2.24) is 4.98 Å². The van der Waals surface area contributed by atoms with E-state index >= 15 is 0 Å². The number of hydrogen-bond acceptors (Lipinski definition) is 2. The largest absolute Gasteiger partial charge is 0.250 e. The lowest BCUT2D eigenvalue weighted by Crippen LogP contribution is -1.83. The highest BCUT2D eigenvalue weighted by Gasteiger charge is 1.96. The molecule has 1 rings (SSSR count). The first-order valence-corrected chi connectivity index (χ1v) is 5.06. The molecule has 0 bridgehead atoms. The zero-order valence-electron chi connectivity index (χ0n) is 6.83. The van der Waals surface area contributed by atoms with Gasteiger partial charge in [-0.3, -0.25) is 0 Å². The summed E-state index contributed by atoms with van der Waals surface area (Å²) in [6.45, 7) is 2.06. The Kier molecular flexibility index (Phi) is 4.19. The highest BCUT2D eigenvalue weighted by atomic mass is 35.5. The van der Waals surface area contributed by atoms with Crippen molar-refractivity contribution in [3.63, 3.8) is 0 Å². The topological polar surface area (TPSA) is 12.9 Å². The van der Waals surface area contributed by atoms with Gasteiger partial charge >= 0.3 is 0 Å². The Bertz CT molecular complexity index is 273. The van der Waals surface area contributed by atoms with Crippen LogP contribution in [0.1, 0.15) is 5.56 Å². The minimum atomic E-state index is 0.876. The molecule has 0 aliphatic heterocycles. The summed E-state index contributed by atoms with van der Waals surface area (Å²) in [4.78, 5) is 4.24. The maximum Gasteiger partial charge on any atom is 0.0992 e. The normalized spacial score (nSPS) is 10.8. The Labute approximate surface area is 81.8 Å².